The van der Waals surface area contributed by atoms with E-state index in [-0.39, 0.29) is 5.91 Å². The summed E-state index contributed by atoms with van der Waals surface area (Å²) in [5.74, 6) is 0.720. The second-order valence-corrected chi connectivity index (χ2v) is 4.74. The highest BCUT2D eigenvalue weighted by atomic mass is 16.1. The summed E-state index contributed by atoms with van der Waals surface area (Å²) in [4.78, 5) is 11.6. The summed E-state index contributed by atoms with van der Waals surface area (Å²) in [6, 6.07) is 1.92. The number of H-pyrrole nitrogens is 1. The van der Waals surface area contributed by atoms with Gasteiger partial charge in [-0.1, -0.05) is 46.0 Å². The van der Waals surface area contributed by atoms with Crippen LogP contribution < -0.4 is 5.32 Å². The summed E-state index contributed by atoms with van der Waals surface area (Å²) in [7, 11) is 0. The second kappa shape index (κ2) is 8.72. The van der Waals surface area contributed by atoms with E-state index < -0.39 is 0 Å². The molecule has 0 aromatic carbocycles. The van der Waals surface area contributed by atoms with Crippen LogP contribution in [0.4, 0.5) is 5.82 Å². The molecule has 0 spiro atoms. The number of aryl methyl sites for hydroxylation is 1. The maximum atomic E-state index is 11.6. The smallest absolute Gasteiger partial charge is 0.225 e. The third-order valence-corrected chi connectivity index (χ3v) is 2.93. The van der Waals surface area contributed by atoms with Gasteiger partial charge in [-0.05, 0) is 12.8 Å². The fourth-order valence-corrected chi connectivity index (χ4v) is 1.92. The third kappa shape index (κ3) is 5.84. The van der Waals surface area contributed by atoms with Gasteiger partial charge in [0.15, 0.2) is 5.82 Å². The molecule has 0 radical (unpaired) electrons. The van der Waals surface area contributed by atoms with E-state index in [0.29, 0.717) is 12.2 Å². The fourth-order valence-electron chi connectivity index (χ4n) is 1.92. The Labute approximate surface area is 110 Å². The van der Waals surface area contributed by atoms with Crippen molar-refractivity contribution >= 4 is 11.7 Å². The minimum Gasteiger partial charge on any atom is -0.309 e. The molecule has 0 aliphatic carbocycles. The van der Waals surface area contributed by atoms with Gasteiger partial charge in [0.1, 0.15) is 0 Å². The maximum Gasteiger partial charge on any atom is 0.225 e. The van der Waals surface area contributed by atoms with Gasteiger partial charge in [-0.25, -0.2) is 0 Å². The monoisotopic (exact) mass is 251 g/mol. The molecule has 0 atom stereocenters. The molecule has 0 unspecified atom stereocenters. The highest BCUT2D eigenvalue weighted by molar-refractivity contribution is 5.89. The van der Waals surface area contributed by atoms with Crippen LogP contribution in [0.1, 0.15) is 64.5 Å². The van der Waals surface area contributed by atoms with Crippen LogP contribution in [-0.2, 0) is 11.2 Å². The molecule has 4 nitrogen and oxygen atoms in total. The normalized spacial score (nSPS) is 10.6. The Kier molecular flexibility index (Phi) is 7.14. The van der Waals surface area contributed by atoms with Crippen LogP contribution in [0.5, 0.6) is 0 Å². The van der Waals surface area contributed by atoms with Crippen molar-refractivity contribution in [3.05, 3.63) is 11.8 Å². The van der Waals surface area contributed by atoms with Gasteiger partial charge < -0.3 is 5.32 Å². The minimum absolute atomic E-state index is 0.0704. The number of hydrogen-bond acceptors (Lipinski definition) is 2. The van der Waals surface area contributed by atoms with Crippen molar-refractivity contribution in [3.8, 4) is 0 Å². The van der Waals surface area contributed by atoms with E-state index in [2.05, 4.69) is 29.4 Å². The van der Waals surface area contributed by atoms with Gasteiger partial charge in [-0.2, -0.15) is 5.10 Å². The molecule has 1 aromatic heterocycles. The van der Waals surface area contributed by atoms with E-state index in [1.165, 1.54) is 19.3 Å². The molecule has 18 heavy (non-hydrogen) atoms. The van der Waals surface area contributed by atoms with Crippen molar-refractivity contribution in [2.45, 2.75) is 65.2 Å². The third-order valence-electron chi connectivity index (χ3n) is 2.93. The van der Waals surface area contributed by atoms with Crippen LogP contribution in [0.25, 0.3) is 0 Å². The van der Waals surface area contributed by atoms with Gasteiger partial charge >= 0.3 is 0 Å². The molecular formula is C14H25N3O. The van der Waals surface area contributed by atoms with Crippen molar-refractivity contribution in [2.75, 3.05) is 5.32 Å². The first-order valence-corrected chi connectivity index (χ1v) is 7.10. The first-order valence-electron chi connectivity index (χ1n) is 7.10. The van der Waals surface area contributed by atoms with E-state index in [0.717, 1.165) is 31.4 Å². The van der Waals surface area contributed by atoms with Crippen LogP contribution in [0.3, 0.4) is 0 Å². The van der Waals surface area contributed by atoms with Crippen LogP contribution >= 0.6 is 0 Å². The van der Waals surface area contributed by atoms with Gasteiger partial charge in [0, 0.05) is 18.2 Å². The summed E-state index contributed by atoms with van der Waals surface area (Å²) in [5, 5.41) is 9.84. The molecule has 1 heterocycles. The standard InChI is InChI=1S/C14H25N3O/c1-3-5-6-7-8-10-14(18)15-13-11-12(9-4-2)16-17-13/h11H,3-10H2,1-2H3,(H2,15,16,17,18). The zero-order valence-electron chi connectivity index (χ0n) is 11.6. The number of rotatable bonds is 9. The molecule has 0 saturated carbocycles. The Balaban J connectivity index is 2.18. The lowest BCUT2D eigenvalue weighted by molar-refractivity contribution is -0.116. The van der Waals surface area contributed by atoms with Crippen molar-refractivity contribution in [3.63, 3.8) is 0 Å². The molecule has 0 fully saturated rings. The summed E-state index contributed by atoms with van der Waals surface area (Å²) >= 11 is 0. The molecule has 2 N–H and O–H groups in total. The topological polar surface area (TPSA) is 57.8 Å². The van der Waals surface area contributed by atoms with E-state index in [4.69, 9.17) is 0 Å². The van der Waals surface area contributed by atoms with E-state index in [9.17, 15) is 4.79 Å². The van der Waals surface area contributed by atoms with Crippen LogP contribution in [0.2, 0.25) is 0 Å². The molecule has 1 rings (SSSR count). The average molecular weight is 251 g/mol. The summed E-state index contributed by atoms with van der Waals surface area (Å²) in [6.45, 7) is 4.31. The lowest BCUT2D eigenvalue weighted by Crippen LogP contribution is -2.11. The molecule has 0 bridgehead atoms. The van der Waals surface area contributed by atoms with Crippen LogP contribution in [0, 0.1) is 0 Å². The summed E-state index contributed by atoms with van der Waals surface area (Å²) in [6.07, 6.45) is 8.49. The van der Waals surface area contributed by atoms with Gasteiger partial charge in [-0.15, -0.1) is 0 Å². The molecule has 0 aliphatic rings. The Hall–Kier alpha value is -1.32. The Morgan fingerprint density at radius 3 is 2.72 bits per heavy atom. The van der Waals surface area contributed by atoms with E-state index >= 15 is 0 Å². The first-order chi connectivity index (χ1) is 8.76. The highest BCUT2D eigenvalue weighted by Gasteiger charge is 2.05. The predicted octanol–water partition coefficient (Wildman–Crippen LogP) is 3.66. The average Bonchev–Trinajstić information content (AvgIpc) is 2.77. The van der Waals surface area contributed by atoms with Gasteiger partial charge in [0.2, 0.25) is 5.91 Å². The summed E-state index contributed by atoms with van der Waals surface area (Å²) in [5.41, 5.74) is 1.08. The van der Waals surface area contributed by atoms with Gasteiger partial charge in [0.25, 0.3) is 0 Å². The predicted molar refractivity (Wildman–Crippen MR) is 74.6 cm³/mol. The first kappa shape index (κ1) is 14.7. The quantitative estimate of drug-likeness (QED) is 0.658. The lowest BCUT2D eigenvalue weighted by atomic mass is 10.1. The van der Waals surface area contributed by atoms with Gasteiger partial charge in [-0.3, -0.25) is 9.89 Å². The molecular weight excluding hydrogens is 226 g/mol. The van der Waals surface area contributed by atoms with Crippen molar-refractivity contribution in [1.29, 1.82) is 0 Å². The number of unbranched alkanes of at least 4 members (excludes halogenated alkanes) is 4. The molecule has 0 aliphatic heterocycles. The van der Waals surface area contributed by atoms with Crippen LogP contribution in [0.15, 0.2) is 6.07 Å². The van der Waals surface area contributed by atoms with Crippen LogP contribution in [-0.4, -0.2) is 16.1 Å². The number of anilines is 1. The van der Waals surface area contributed by atoms with Gasteiger partial charge in [0.05, 0.1) is 0 Å². The number of aromatic amines is 1. The number of nitrogens with zero attached hydrogens (tertiary/aromatic N) is 1. The number of hydrogen-bond donors (Lipinski definition) is 2. The zero-order valence-corrected chi connectivity index (χ0v) is 11.6. The van der Waals surface area contributed by atoms with E-state index in [1.807, 2.05) is 6.07 Å². The molecule has 4 heteroatoms. The Morgan fingerprint density at radius 1 is 1.22 bits per heavy atom. The second-order valence-electron chi connectivity index (χ2n) is 4.74. The largest absolute Gasteiger partial charge is 0.309 e. The minimum atomic E-state index is 0.0704. The SMILES string of the molecule is CCCCCCCC(=O)Nc1cc(CCC)[nH]n1. The number of amides is 1. The number of carbonyl (C=O) groups excluding carboxylic acids is 1. The Morgan fingerprint density at radius 2 is 2.00 bits per heavy atom. The molecule has 102 valence electrons. The number of carbonyl (C=O) groups is 1. The zero-order chi connectivity index (χ0) is 13.2. The van der Waals surface area contributed by atoms with Crippen molar-refractivity contribution in [1.82, 2.24) is 10.2 Å². The Bertz CT molecular complexity index is 347. The maximum absolute atomic E-state index is 11.6. The highest BCUT2D eigenvalue weighted by Crippen LogP contribution is 2.09. The molecule has 1 aromatic rings. The lowest BCUT2D eigenvalue weighted by Gasteiger charge is -2.01. The molecule has 1 amide bonds. The fraction of sp³-hybridized carbons (Fsp3) is 0.714. The van der Waals surface area contributed by atoms with Crippen molar-refractivity contribution < 1.29 is 4.79 Å². The van der Waals surface area contributed by atoms with Crippen molar-refractivity contribution in [2.24, 2.45) is 0 Å². The summed E-state index contributed by atoms with van der Waals surface area (Å²) < 4.78 is 0. The number of nitrogens with one attached hydrogen (secondary N) is 2. The molecule has 0 saturated heterocycles. The van der Waals surface area contributed by atoms with E-state index in [1.54, 1.807) is 0 Å². The number of aromatic nitrogens is 2.